The summed E-state index contributed by atoms with van der Waals surface area (Å²) in [4.78, 5) is 18.6. The predicted molar refractivity (Wildman–Crippen MR) is 108 cm³/mol. The number of carbonyl (C=O) groups is 1. The van der Waals surface area contributed by atoms with Crippen molar-refractivity contribution in [2.75, 3.05) is 26.2 Å². The standard InChI is InChI=1S/C21H34N4O/c1-5-22-21(23-15-20(26)25-12-6-7-13-25)24-17(4)19-10-8-18(9-11-19)14-16(2)3/h8-11,16-17H,5-7,12-15H2,1-4H3,(H2,22,23,24). The van der Waals surface area contributed by atoms with Gasteiger partial charge in [0, 0.05) is 19.6 Å². The molecule has 1 saturated heterocycles. The zero-order valence-electron chi connectivity index (χ0n) is 16.7. The molecular formula is C21H34N4O. The Bertz CT molecular complexity index is 589. The lowest BCUT2D eigenvalue weighted by atomic mass is 10.00. The maximum Gasteiger partial charge on any atom is 0.244 e. The van der Waals surface area contributed by atoms with Crippen LogP contribution in [-0.4, -0.2) is 42.9 Å². The van der Waals surface area contributed by atoms with E-state index in [-0.39, 0.29) is 18.5 Å². The van der Waals surface area contributed by atoms with Crippen molar-refractivity contribution in [2.24, 2.45) is 10.9 Å². The summed E-state index contributed by atoms with van der Waals surface area (Å²) in [7, 11) is 0. The molecule has 1 aliphatic rings. The molecule has 0 radical (unpaired) electrons. The van der Waals surface area contributed by atoms with Gasteiger partial charge in [-0.25, -0.2) is 4.99 Å². The van der Waals surface area contributed by atoms with Crippen molar-refractivity contribution >= 4 is 11.9 Å². The SMILES string of the molecule is CCNC(=NCC(=O)N1CCCC1)NC(C)c1ccc(CC(C)C)cc1. The quantitative estimate of drug-likeness (QED) is 0.582. The summed E-state index contributed by atoms with van der Waals surface area (Å²) in [5, 5.41) is 6.64. The van der Waals surface area contributed by atoms with Gasteiger partial charge in [-0.1, -0.05) is 38.1 Å². The van der Waals surface area contributed by atoms with E-state index in [1.807, 2.05) is 11.8 Å². The lowest BCUT2D eigenvalue weighted by Gasteiger charge is -2.19. The molecule has 0 aliphatic carbocycles. The monoisotopic (exact) mass is 358 g/mol. The van der Waals surface area contributed by atoms with Crippen molar-refractivity contribution in [1.29, 1.82) is 0 Å². The molecule has 1 amide bonds. The molecule has 0 aromatic heterocycles. The minimum absolute atomic E-state index is 0.116. The Kier molecular flexibility index (Phi) is 7.95. The average molecular weight is 359 g/mol. The summed E-state index contributed by atoms with van der Waals surface area (Å²) >= 11 is 0. The zero-order valence-corrected chi connectivity index (χ0v) is 16.7. The van der Waals surface area contributed by atoms with Gasteiger partial charge in [0.1, 0.15) is 6.54 Å². The molecule has 1 atom stereocenters. The third-order valence-corrected chi connectivity index (χ3v) is 4.65. The van der Waals surface area contributed by atoms with Gasteiger partial charge in [-0.2, -0.15) is 0 Å². The minimum Gasteiger partial charge on any atom is -0.357 e. The first-order valence-electron chi connectivity index (χ1n) is 9.91. The van der Waals surface area contributed by atoms with Crippen LogP contribution < -0.4 is 10.6 Å². The Balaban J connectivity index is 1.94. The van der Waals surface area contributed by atoms with Crippen molar-refractivity contribution in [3.8, 4) is 0 Å². The van der Waals surface area contributed by atoms with Crippen LogP contribution in [0.3, 0.4) is 0 Å². The maximum atomic E-state index is 12.2. The van der Waals surface area contributed by atoms with Crippen LogP contribution in [0, 0.1) is 5.92 Å². The van der Waals surface area contributed by atoms with Gasteiger partial charge in [0.2, 0.25) is 5.91 Å². The van der Waals surface area contributed by atoms with E-state index in [4.69, 9.17) is 0 Å². The fraction of sp³-hybridized carbons (Fsp3) is 0.619. The van der Waals surface area contributed by atoms with Crippen molar-refractivity contribution in [1.82, 2.24) is 15.5 Å². The fourth-order valence-corrected chi connectivity index (χ4v) is 3.24. The normalized spacial score (nSPS) is 16.0. The van der Waals surface area contributed by atoms with Gasteiger partial charge in [0.15, 0.2) is 5.96 Å². The van der Waals surface area contributed by atoms with Crippen LogP contribution in [0.15, 0.2) is 29.3 Å². The molecule has 26 heavy (non-hydrogen) atoms. The summed E-state index contributed by atoms with van der Waals surface area (Å²) in [6.45, 7) is 11.3. The Morgan fingerprint density at radius 1 is 1.15 bits per heavy atom. The maximum absolute atomic E-state index is 12.2. The Hall–Kier alpha value is -2.04. The Morgan fingerprint density at radius 2 is 1.81 bits per heavy atom. The molecular weight excluding hydrogens is 324 g/mol. The molecule has 5 heteroatoms. The minimum atomic E-state index is 0.116. The number of benzene rings is 1. The highest BCUT2D eigenvalue weighted by Crippen LogP contribution is 2.15. The van der Waals surface area contributed by atoms with E-state index in [0.29, 0.717) is 11.9 Å². The largest absolute Gasteiger partial charge is 0.357 e. The number of carbonyl (C=O) groups excluding carboxylic acids is 1. The number of nitrogens with one attached hydrogen (secondary N) is 2. The van der Waals surface area contributed by atoms with E-state index >= 15 is 0 Å². The van der Waals surface area contributed by atoms with E-state index in [1.54, 1.807) is 0 Å². The molecule has 0 spiro atoms. The second-order valence-corrected chi connectivity index (χ2v) is 7.49. The summed E-state index contributed by atoms with van der Waals surface area (Å²) in [5.41, 5.74) is 2.58. The average Bonchev–Trinajstić information content (AvgIpc) is 3.14. The molecule has 1 aliphatic heterocycles. The zero-order chi connectivity index (χ0) is 18.9. The molecule has 144 valence electrons. The summed E-state index contributed by atoms with van der Waals surface area (Å²) in [6, 6.07) is 8.88. The van der Waals surface area contributed by atoms with Gasteiger partial charge in [-0.15, -0.1) is 0 Å². The van der Waals surface area contributed by atoms with Crippen LogP contribution in [0.4, 0.5) is 0 Å². The fourth-order valence-electron chi connectivity index (χ4n) is 3.24. The van der Waals surface area contributed by atoms with Gasteiger partial charge >= 0.3 is 0 Å². The number of nitrogens with zero attached hydrogens (tertiary/aromatic N) is 2. The van der Waals surface area contributed by atoms with E-state index in [1.165, 1.54) is 11.1 Å². The van der Waals surface area contributed by atoms with Crippen LogP contribution in [-0.2, 0) is 11.2 Å². The molecule has 1 unspecified atom stereocenters. The smallest absolute Gasteiger partial charge is 0.244 e. The molecule has 1 aromatic rings. The van der Waals surface area contributed by atoms with Crippen LogP contribution in [0.5, 0.6) is 0 Å². The number of guanidine groups is 1. The van der Waals surface area contributed by atoms with Crippen LogP contribution in [0.25, 0.3) is 0 Å². The van der Waals surface area contributed by atoms with Gasteiger partial charge in [0.05, 0.1) is 6.04 Å². The van der Waals surface area contributed by atoms with Crippen molar-refractivity contribution in [3.05, 3.63) is 35.4 Å². The molecule has 1 heterocycles. The first-order chi connectivity index (χ1) is 12.5. The summed E-state index contributed by atoms with van der Waals surface area (Å²) in [6.07, 6.45) is 3.32. The van der Waals surface area contributed by atoms with Crippen molar-refractivity contribution in [3.63, 3.8) is 0 Å². The Morgan fingerprint density at radius 3 is 2.38 bits per heavy atom. The summed E-state index contributed by atoms with van der Waals surface area (Å²) < 4.78 is 0. The number of rotatable bonds is 7. The molecule has 0 saturated carbocycles. The van der Waals surface area contributed by atoms with Crippen LogP contribution >= 0.6 is 0 Å². The highest BCUT2D eigenvalue weighted by Gasteiger charge is 2.17. The van der Waals surface area contributed by atoms with Gasteiger partial charge in [-0.05, 0) is 50.2 Å². The second-order valence-electron chi connectivity index (χ2n) is 7.49. The lowest BCUT2D eigenvalue weighted by molar-refractivity contribution is -0.128. The van der Waals surface area contributed by atoms with Crippen LogP contribution in [0.1, 0.15) is 57.7 Å². The number of likely N-dealkylation sites (tertiary alicyclic amines) is 1. The van der Waals surface area contributed by atoms with E-state index in [9.17, 15) is 4.79 Å². The van der Waals surface area contributed by atoms with E-state index in [2.05, 4.69) is 60.7 Å². The molecule has 5 nitrogen and oxygen atoms in total. The second kappa shape index (κ2) is 10.2. The molecule has 1 aromatic carbocycles. The summed E-state index contributed by atoms with van der Waals surface area (Å²) in [5.74, 6) is 1.47. The topological polar surface area (TPSA) is 56.7 Å². The molecule has 2 rings (SSSR count). The highest BCUT2D eigenvalue weighted by molar-refractivity contribution is 5.85. The molecule has 2 N–H and O–H groups in total. The number of aliphatic imine (C=N–C) groups is 1. The first kappa shape index (κ1) is 20.3. The lowest BCUT2D eigenvalue weighted by Crippen LogP contribution is -2.40. The Labute approximate surface area is 158 Å². The predicted octanol–water partition coefficient (Wildman–Crippen LogP) is 3.12. The number of hydrogen-bond donors (Lipinski definition) is 2. The molecule has 0 bridgehead atoms. The van der Waals surface area contributed by atoms with Gasteiger partial charge < -0.3 is 15.5 Å². The van der Waals surface area contributed by atoms with E-state index < -0.39 is 0 Å². The first-order valence-corrected chi connectivity index (χ1v) is 9.91. The molecule has 1 fully saturated rings. The van der Waals surface area contributed by atoms with Crippen molar-refractivity contribution < 1.29 is 4.79 Å². The van der Waals surface area contributed by atoms with Gasteiger partial charge in [-0.3, -0.25) is 4.79 Å². The van der Waals surface area contributed by atoms with Crippen LogP contribution in [0.2, 0.25) is 0 Å². The third-order valence-electron chi connectivity index (χ3n) is 4.65. The van der Waals surface area contributed by atoms with Crippen molar-refractivity contribution in [2.45, 2.75) is 53.0 Å². The van der Waals surface area contributed by atoms with Gasteiger partial charge in [0.25, 0.3) is 0 Å². The number of hydrogen-bond acceptors (Lipinski definition) is 2. The number of amides is 1. The third kappa shape index (κ3) is 6.36. The highest BCUT2D eigenvalue weighted by atomic mass is 16.2. The van der Waals surface area contributed by atoms with E-state index in [0.717, 1.165) is 38.9 Å².